The molecule has 0 saturated carbocycles. The Morgan fingerprint density at radius 1 is 1.28 bits per heavy atom. The van der Waals surface area contributed by atoms with E-state index in [1.807, 2.05) is 42.1 Å². The summed E-state index contributed by atoms with van der Waals surface area (Å²) in [5.41, 5.74) is 7.33. The summed E-state index contributed by atoms with van der Waals surface area (Å²) in [7, 11) is 1.93. The number of aromatic nitrogens is 3. The molecule has 1 aromatic carbocycles. The van der Waals surface area contributed by atoms with Crippen molar-refractivity contribution in [1.29, 1.82) is 0 Å². The molecule has 1 atom stereocenters. The third kappa shape index (κ3) is 2.96. The Labute approximate surface area is 108 Å². The lowest BCUT2D eigenvalue weighted by molar-refractivity contribution is 0.628. The third-order valence-corrected chi connectivity index (χ3v) is 3.00. The maximum Gasteiger partial charge on any atom is 0.150 e. The van der Waals surface area contributed by atoms with Crippen LogP contribution < -0.4 is 5.73 Å². The Kier molecular flexibility index (Phi) is 4.10. The van der Waals surface area contributed by atoms with Gasteiger partial charge in [0.15, 0.2) is 5.82 Å². The predicted octanol–water partition coefficient (Wildman–Crippen LogP) is 2.01. The summed E-state index contributed by atoms with van der Waals surface area (Å²) < 4.78 is 1.84. The molecule has 0 spiro atoms. The Hall–Kier alpha value is -1.68. The second-order valence-electron chi connectivity index (χ2n) is 4.54. The highest BCUT2D eigenvalue weighted by atomic mass is 15.3. The van der Waals surface area contributed by atoms with Gasteiger partial charge in [-0.2, -0.15) is 5.10 Å². The molecule has 4 nitrogen and oxygen atoms in total. The van der Waals surface area contributed by atoms with Crippen molar-refractivity contribution in [3.05, 3.63) is 47.5 Å². The van der Waals surface area contributed by atoms with E-state index >= 15 is 0 Å². The summed E-state index contributed by atoms with van der Waals surface area (Å²) in [6.45, 7) is 2.13. The molecule has 96 valence electrons. The Morgan fingerprint density at radius 3 is 2.67 bits per heavy atom. The summed E-state index contributed by atoms with van der Waals surface area (Å²) in [4.78, 5) is 4.54. The van der Waals surface area contributed by atoms with Gasteiger partial charge >= 0.3 is 0 Å². The molecule has 0 radical (unpaired) electrons. The summed E-state index contributed by atoms with van der Waals surface area (Å²) in [6.07, 6.45) is 2.71. The zero-order chi connectivity index (χ0) is 13.0. The monoisotopic (exact) mass is 244 g/mol. The molecule has 0 aliphatic heterocycles. The predicted molar refractivity (Wildman–Crippen MR) is 72.1 cm³/mol. The van der Waals surface area contributed by atoms with Crippen molar-refractivity contribution < 1.29 is 0 Å². The molecular formula is C14H20N4. The Bertz CT molecular complexity index is 490. The van der Waals surface area contributed by atoms with Crippen molar-refractivity contribution in [2.75, 3.05) is 0 Å². The van der Waals surface area contributed by atoms with Crippen LogP contribution in [0.4, 0.5) is 0 Å². The van der Waals surface area contributed by atoms with Crippen molar-refractivity contribution in [3.8, 4) is 0 Å². The topological polar surface area (TPSA) is 56.7 Å². The maximum absolute atomic E-state index is 6.20. The van der Waals surface area contributed by atoms with Crippen LogP contribution in [0.1, 0.15) is 36.6 Å². The number of benzene rings is 1. The van der Waals surface area contributed by atoms with Gasteiger partial charge in [0.2, 0.25) is 0 Å². The zero-order valence-corrected chi connectivity index (χ0v) is 11.0. The highest BCUT2D eigenvalue weighted by molar-refractivity contribution is 5.19. The van der Waals surface area contributed by atoms with Gasteiger partial charge in [0.25, 0.3) is 0 Å². The lowest BCUT2D eigenvalue weighted by atomic mass is 10.0. The molecule has 2 N–H and O–H groups in total. The van der Waals surface area contributed by atoms with Gasteiger partial charge in [0, 0.05) is 25.9 Å². The first kappa shape index (κ1) is 12.8. The minimum Gasteiger partial charge on any atom is -0.324 e. The van der Waals surface area contributed by atoms with Crippen molar-refractivity contribution in [3.63, 3.8) is 0 Å². The van der Waals surface area contributed by atoms with Crippen molar-refractivity contribution in [2.45, 2.75) is 32.2 Å². The normalized spacial score (nSPS) is 12.6. The molecule has 2 aromatic rings. The van der Waals surface area contributed by atoms with E-state index in [9.17, 15) is 0 Å². The SMILES string of the molecule is CCCc1nc(CC(N)c2ccccc2)n(C)n1. The van der Waals surface area contributed by atoms with Crippen LogP contribution in [0.5, 0.6) is 0 Å². The number of aryl methyl sites for hydroxylation is 2. The number of hydrogen-bond acceptors (Lipinski definition) is 3. The molecule has 1 heterocycles. The van der Waals surface area contributed by atoms with Crippen LogP contribution in [-0.2, 0) is 19.9 Å². The average Bonchev–Trinajstić information content (AvgIpc) is 2.71. The van der Waals surface area contributed by atoms with Crippen LogP contribution in [0.3, 0.4) is 0 Å². The third-order valence-electron chi connectivity index (χ3n) is 3.00. The molecule has 4 heteroatoms. The number of rotatable bonds is 5. The summed E-state index contributed by atoms with van der Waals surface area (Å²) in [5.74, 6) is 1.87. The van der Waals surface area contributed by atoms with Crippen molar-refractivity contribution >= 4 is 0 Å². The van der Waals surface area contributed by atoms with Crippen molar-refractivity contribution in [1.82, 2.24) is 14.8 Å². The smallest absolute Gasteiger partial charge is 0.150 e. The van der Waals surface area contributed by atoms with Gasteiger partial charge in [-0.05, 0) is 12.0 Å². The highest BCUT2D eigenvalue weighted by Gasteiger charge is 2.12. The molecule has 0 aliphatic rings. The minimum absolute atomic E-state index is 0.0245. The summed E-state index contributed by atoms with van der Waals surface area (Å²) in [6, 6.07) is 10.1. The molecule has 1 unspecified atom stereocenters. The highest BCUT2D eigenvalue weighted by Crippen LogP contribution is 2.14. The standard InChI is InChI=1S/C14H20N4/c1-3-7-13-16-14(18(2)17-13)10-12(15)11-8-5-4-6-9-11/h4-6,8-9,12H,3,7,10,15H2,1-2H3. The zero-order valence-electron chi connectivity index (χ0n) is 11.0. The average molecular weight is 244 g/mol. The van der Waals surface area contributed by atoms with Gasteiger partial charge in [-0.15, -0.1) is 0 Å². The molecule has 0 fully saturated rings. The second kappa shape index (κ2) is 5.78. The first-order valence-corrected chi connectivity index (χ1v) is 6.40. The number of nitrogens with two attached hydrogens (primary N) is 1. The van der Waals surface area contributed by atoms with E-state index in [0.29, 0.717) is 0 Å². The molecule has 0 saturated heterocycles. The molecule has 0 bridgehead atoms. The van der Waals surface area contributed by atoms with E-state index in [1.54, 1.807) is 0 Å². The quantitative estimate of drug-likeness (QED) is 0.875. The van der Waals surface area contributed by atoms with Crippen LogP contribution in [0.25, 0.3) is 0 Å². The van der Waals surface area contributed by atoms with Gasteiger partial charge in [-0.3, -0.25) is 4.68 Å². The minimum atomic E-state index is -0.0245. The molecular weight excluding hydrogens is 224 g/mol. The van der Waals surface area contributed by atoms with Gasteiger partial charge in [0.05, 0.1) is 0 Å². The van der Waals surface area contributed by atoms with Gasteiger partial charge < -0.3 is 5.73 Å². The van der Waals surface area contributed by atoms with Crippen molar-refractivity contribution in [2.24, 2.45) is 12.8 Å². The number of nitrogens with zero attached hydrogens (tertiary/aromatic N) is 3. The molecule has 0 amide bonds. The number of hydrogen-bond donors (Lipinski definition) is 1. The van der Waals surface area contributed by atoms with Gasteiger partial charge in [0.1, 0.15) is 5.82 Å². The first-order chi connectivity index (χ1) is 8.70. The molecule has 2 rings (SSSR count). The van der Waals surface area contributed by atoms with Crippen LogP contribution >= 0.6 is 0 Å². The van der Waals surface area contributed by atoms with E-state index in [1.165, 1.54) is 0 Å². The fraction of sp³-hybridized carbons (Fsp3) is 0.429. The van der Waals surface area contributed by atoms with Gasteiger partial charge in [-0.1, -0.05) is 37.3 Å². The fourth-order valence-corrected chi connectivity index (χ4v) is 2.00. The van der Waals surface area contributed by atoms with Crippen LogP contribution in [0.2, 0.25) is 0 Å². The van der Waals surface area contributed by atoms with E-state index in [4.69, 9.17) is 5.73 Å². The molecule has 0 aliphatic carbocycles. The molecule has 1 aromatic heterocycles. The maximum atomic E-state index is 6.20. The second-order valence-corrected chi connectivity index (χ2v) is 4.54. The van der Waals surface area contributed by atoms with Gasteiger partial charge in [-0.25, -0.2) is 4.98 Å². The first-order valence-electron chi connectivity index (χ1n) is 6.40. The lowest BCUT2D eigenvalue weighted by Gasteiger charge is -2.10. The largest absolute Gasteiger partial charge is 0.324 e. The van der Waals surface area contributed by atoms with Crippen LogP contribution in [0.15, 0.2) is 30.3 Å². The van der Waals surface area contributed by atoms with E-state index < -0.39 is 0 Å². The Balaban J connectivity index is 2.09. The van der Waals surface area contributed by atoms with E-state index in [-0.39, 0.29) is 6.04 Å². The fourth-order valence-electron chi connectivity index (χ4n) is 2.00. The summed E-state index contributed by atoms with van der Waals surface area (Å²) >= 11 is 0. The van der Waals surface area contributed by atoms with E-state index in [2.05, 4.69) is 17.0 Å². The molecule has 18 heavy (non-hydrogen) atoms. The summed E-state index contributed by atoms with van der Waals surface area (Å²) in [5, 5.41) is 4.40. The lowest BCUT2D eigenvalue weighted by Crippen LogP contribution is -2.15. The Morgan fingerprint density at radius 2 is 2.00 bits per heavy atom. The van der Waals surface area contributed by atoms with E-state index in [0.717, 1.165) is 36.5 Å². The van der Waals surface area contributed by atoms with Crippen LogP contribution in [0, 0.1) is 0 Å². The van der Waals surface area contributed by atoms with Crippen LogP contribution in [-0.4, -0.2) is 14.8 Å².